The van der Waals surface area contributed by atoms with E-state index >= 15 is 0 Å². The molecule has 0 aromatic heterocycles. The molecule has 0 radical (unpaired) electrons. The number of aliphatic hydroxyl groups is 1. The van der Waals surface area contributed by atoms with Crippen LogP contribution in [0.15, 0.2) is 113 Å². The zero-order valence-corrected chi connectivity index (χ0v) is 30.4. The van der Waals surface area contributed by atoms with Gasteiger partial charge in [0.1, 0.15) is 5.75 Å². The van der Waals surface area contributed by atoms with E-state index in [1.54, 1.807) is 54.6 Å². The molecule has 4 aliphatic heterocycles. The number of rotatable bonds is 12. The Morgan fingerprint density at radius 1 is 0.907 bits per heavy atom. The number of phenolic OH excluding ortho intramolecular Hbond substituents is 1. The summed E-state index contributed by atoms with van der Waals surface area (Å²) < 4.78 is 23.5. The first-order valence-corrected chi connectivity index (χ1v) is 17.7. The molecule has 4 heterocycles. The number of carbonyl (C=O) groups excluding carboxylic acids is 1. The fourth-order valence-electron chi connectivity index (χ4n) is 6.81. The maximum Gasteiger partial charge on any atom is 0.260 e. The van der Waals surface area contributed by atoms with Gasteiger partial charge in [-0.25, -0.2) is 0 Å². The van der Waals surface area contributed by atoms with Crippen molar-refractivity contribution in [1.82, 2.24) is 9.80 Å². The number of aliphatic imine (C=N–C) groups is 2. The van der Waals surface area contributed by atoms with Crippen LogP contribution in [0.2, 0.25) is 0 Å². The normalized spacial score (nSPS) is 20.0. The molecule has 2 unspecified atom stereocenters. The van der Waals surface area contributed by atoms with Gasteiger partial charge in [0, 0.05) is 61.1 Å². The molecule has 4 aliphatic rings. The van der Waals surface area contributed by atoms with Gasteiger partial charge in [-0.2, -0.15) is 0 Å². The molecule has 12 heteroatoms. The van der Waals surface area contributed by atoms with E-state index in [1.165, 1.54) is 7.11 Å². The van der Waals surface area contributed by atoms with Crippen LogP contribution in [0.5, 0.6) is 28.7 Å². The number of carbonyl (C=O) groups is 1. The Bertz CT molecular complexity index is 2150. The highest BCUT2D eigenvalue weighted by Crippen LogP contribution is 2.44. The van der Waals surface area contributed by atoms with Gasteiger partial charge in [0.2, 0.25) is 0 Å². The molecule has 0 bridgehead atoms. The largest absolute Gasteiger partial charge is 0.508 e. The number of aliphatic hydroxyl groups excluding tert-OH is 1. The maximum atomic E-state index is 13.7. The third-order valence-electron chi connectivity index (χ3n) is 9.85. The number of fused-ring (bicyclic) bond motifs is 4. The summed E-state index contributed by atoms with van der Waals surface area (Å²) in [6, 6.07) is 13.5. The van der Waals surface area contributed by atoms with Crippen molar-refractivity contribution in [2.45, 2.75) is 44.5 Å². The van der Waals surface area contributed by atoms with Crippen molar-refractivity contribution in [3.05, 3.63) is 119 Å². The molecule has 1 amide bonds. The van der Waals surface area contributed by atoms with Crippen LogP contribution in [0, 0.1) is 0 Å². The minimum absolute atomic E-state index is 0.147. The predicted octanol–water partition coefficient (Wildman–Crippen LogP) is 6.87. The monoisotopic (exact) mass is 729 g/mol. The second kappa shape index (κ2) is 15.4. The third kappa shape index (κ3) is 7.20. The molecule has 3 aromatic carbocycles. The molecule has 3 aromatic rings. The molecule has 3 atom stereocenters. The SMILES string of the molecule is C=C(/C=C\C(N)=C/C)C1=CN2C(C=Nc3cc(OCCCOc4cc5c(cc4OC)C(=O)N4C=C(c6ccc(O)cc6)C[C@H]4C=N5)c(OC)cc3C2O)C1. The lowest BCUT2D eigenvalue weighted by molar-refractivity contribution is 0.0336. The van der Waals surface area contributed by atoms with Crippen LogP contribution in [0.25, 0.3) is 5.57 Å². The van der Waals surface area contributed by atoms with Crippen molar-refractivity contribution in [2.24, 2.45) is 15.7 Å². The molecule has 0 aliphatic carbocycles. The Balaban J connectivity index is 0.983. The number of hydrogen-bond acceptors (Lipinski definition) is 11. The highest BCUT2D eigenvalue weighted by Gasteiger charge is 2.35. The average molecular weight is 730 g/mol. The number of benzene rings is 3. The number of hydrogen-bond donors (Lipinski definition) is 3. The molecule has 4 N–H and O–H groups in total. The molecule has 12 nitrogen and oxygen atoms in total. The van der Waals surface area contributed by atoms with Crippen LogP contribution in [0.4, 0.5) is 11.4 Å². The fraction of sp³-hybridized carbons (Fsp3) is 0.262. The van der Waals surface area contributed by atoms with Gasteiger partial charge in [-0.05, 0) is 66.0 Å². The van der Waals surface area contributed by atoms with Crippen molar-refractivity contribution in [1.29, 1.82) is 0 Å². The summed E-state index contributed by atoms with van der Waals surface area (Å²) in [5, 5.41) is 21.1. The lowest BCUT2D eigenvalue weighted by Crippen LogP contribution is -2.32. The van der Waals surface area contributed by atoms with E-state index in [2.05, 4.69) is 11.6 Å². The molecule has 0 saturated heterocycles. The molecular weight excluding hydrogens is 686 g/mol. The Morgan fingerprint density at radius 2 is 1.57 bits per heavy atom. The maximum absolute atomic E-state index is 13.7. The molecule has 0 fully saturated rings. The van der Waals surface area contributed by atoms with Gasteiger partial charge in [0.15, 0.2) is 29.2 Å². The van der Waals surface area contributed by atoms with E-state index in [0.717, 1.165) is 22.3 Å². The van der Waals surface area contributed by atoms with Gasteiger partial charge in [-0.15, -0.1) is 0 Å². The average Bonchev–Trinajstić information content (AvgIpc) is 3.77. The van der Waals surface area contributed by atoms with Crippen LogP contribution >= 0.6 is 0 Å². The Kier molecular flexibility index (Phi) is 10.3. The number of methoxy groups -OCH3 is 2. The first kappa shape index (κ1) is 36.1. The first-order chi connectivity index (χ1) is 26.2. The summed E-state index contributed by atoms with van der Waals surface area (Å²) in [7, 11) is 3.09. The quantitative estimate of drug-likeness (QED) is 0.134. The smallest absolute Gasteiger partial charge is 0.260 e. The number of nitrogens with two attached hydrogens (primary N) is 1. The Morgan fingerprint density at radius 3 is 2.28 bits per heavy atom. The van der Waals surface area contributed by atoms with Gasteiger partial charge in [0.25, 0.3) is 5.91 Å². The summed E-state index contributed by atoms with van der Waals surface area (Å²) in [5.41, 5.74) is 12.4. The van der Waals surface area contributed by atoms with Crippen molar-refractivity contribution in [2.75, 3.05) is 27.4 Å². The summed E-state index contributed by atoms with van der Waals surface area (Å²) in [6.07, 6.45) is 13.7. The number of ether oxygens (including phenoxy) is 4. The predicted molar refractivity (Wildman–Crippen MR) is 208 cm³/mol. The summed E-state index contributed by atoms with van der Waals surface area (Å²) in [6.45, 7) is 6.67. The Hall–Kier alpha value is -6.27. The highest BCUT2D eigenvalue weighted by atomic mass is 16.5. The number of amides is 1. The van der Waals surface area contributed by atoms with Crippen LogP contribution < -0.4 is 24.7 Å². The van der Waals surface area contributed by atoms with E-state index in [0.29, 0.717) is 83.7 Å². The summed E-state index contributed by atoms with van der Waals surface area (Å²) >= 11 is 0. The van der Waals surface area contributed by atoms with Crippen LogP contribution in [-0.2, 0) is 0 Å². The molecule has 278 valence electrons. The number of phenols is 1. The van der Waals surface area contributed by atoms with Gasteiger partial charge in [0.05, 0.1) is 56.5 Å². The van der Waals surface area contributed by atoms with Crippen molar-refractivity contribution in [3.63, 3.8) is 0 Å². The summed E-state index contributed by atoms with van der Waals surface area (Å²) in [4.78, 5) is 26.6. The standard InChI is InChI=1S/C42H43N5O7/c1-5-29(43)10-7-25(2)27-15-30-21-44-35-19-39(37(51-3)17-33(35)41(49)46(30)23-27)53-13-6-14-54-40-20-36-34(18-38(40)52-4)42(50)47-24-28(16-31(47)22-45-36)26-8-11-32(48)12-9-26/h5,7-12,17-24,30-31,41,48-49H,2,6,13-16,43H2,1,3-4H3/b10-7-,29-5+/t30?,31-,41?/m0/s1. The van der Waals surface area contributed by atoms with Crippen LogP contribution in [0.3, 0.4) is 0 Å². The van der Waals surface area contributed by atoms with E-state index < -0.39 is 6.23 Å². The van der Waals surface area contributed by atoms with Gasteiger partial charge < -0.3 is 44.7 Å². The van der Waals surface area contributed by atoms with E-state index in [4.69, 9.17) is 29.7 Å². The second-order valence-electron chi connectivity index (χ2n) is 13.3. The number of allylic oxidation sites excluding steroid dienone is 4. The van der Waals surface area contributed by atoms with E-state index in [1.807, 2.05) is 60.8 Å². The van der Waals surface area contributed by atoms with Gasteiger partial charge in [-0.3, -0.25) is 14.8 Å². The van der Waals surface area contributed by atoms with E-state index in [-0.39, 0.29) is 23.7 Å². The zero-order valence-electron chi connectivity index (χ0n) is 30.4. The van der Waals surface area contributed by atoms with Crippen LogP contribution in [-0.4, -0.2) is 77.9 Å². The third-order valence-corrected chi connectivity index (χ3v) is 9.85. The van der Waals surface area contributed by atoms with Crippen LogP contribution in [0.1, 0.15) is 53.9 Å². The number of nitrogens with zero attached hydrogens (tertiary/aromatic N) is 4. The van der Waals surface area contributed by atoms with Crippen molar-refractivity contribution >= 4 is 35.3 Å². The molecule has 7 rings (SSSR count). The zero-order chi connectivity index (χ0) is 37.9. The molecule has 0 saturated carbocycles. The lowest BCUT2D eigenvalue weighted by Gasteiger charge is -2.27. The highest BCUT2D eigenvalue weighted by molar-refractivity contribution is 6.05. The molecule has 54 heavy (non-hydrogen) atoms. The summed E-state index contributed by atoms with van der Waals surface area (Å²) in [5.74, 6) is 1.86. The van der Waals surface area contributed by atoms with Crippen molar-refractivity contribution in [3.8, 4) is 28.7 Å². The van der Waals surface area contributed by atoms with E-state index in [9.17, 15) is 15.0 Å². The molecular formula is C42H43N5O7. The lowest BCUT2D eigenvalue weighted by atomic mass is 10.0. The van der Waals surface area contributed by atoms with Gasteiger partial charge in [-0.1, -0.05) is 30.9 Å². The fourth-order valence-corrected chi connectivity index (χ4v) is 6.81. The number of aromatic hydroxyl groups is 1. The van der Waals surface area contributed by atoms with Gasteiger partial charge >= 0.3 is 0 Å². The second-order valence-corrected chi connectivity index (χ2v) is 13.3. The first-order valence-electron chi connectivity index (χ1n) is 17.7. The Labute approximate surface area is 314 Å². The minimum Gasteiger partial charge on any atom is -0.508 e. The van der Waals surface area contributed by atoms with Crippen molar-refractivity contribution < 1.29 is 34.0 Å². The minimum atomic E-state index is -0.953. The topological polar surface area (TPSA) is 152 Å². The molecule has 0 spiro atoms.